The molecule has 0 spiro atoms. The van der Waals surface area contributed by atoms with Gasteiger partial charge < -0.3 is 0 Å². The van der Waals surface area contributed by atoms with Crippen molar-refractivity contribution < 1.29 is 4.39 Å². The predicted molar refractivity (Wildman–Crippen MR) is 64.1 cm³/mol. The van der Waals surface area contributed by atoms with Gasteiger partial charge in [-0.2, -0.15) is 5.26 Å². The number of hydrogen-bond acceptors (Lipinski definition) is 2. The normalized spacial score (nSPS) is 14.5. The lowest BCUT2D eigenvalue weighted by molar-refractivity contribution is 0.539. The van der Waals surface area contributed by atoms with Gasteiger partial charge in [-0.15, -0.1) is 5.92 Å². The molecule has 0 aliphatic carbocycles. The van der Waals surface area contributed by atoms with Gasteiger partial charge in [0.2, 0.25) is 0 Å². The van der Waals surface area contributed by atoms with Gasteiger partial charge in [-0.3, -0.25) is 4.99 Å². The number of nitriles is 1. The molecule has 0 saturated heterocycles. The van der Waals surface area contributed by atoms with E-state index in [1.807, 2.05) is 22.2 Å². The van der Waals surface area contributed by atoms with Crippen LogP contribution in [0.5, 0.6) is 0 Å². The minimum atomic E-state index is -1.18. The molecule has 0 radical (unpaired) electrons. The van der Waals surface area contributed by atoms with Crippen LogP contribution in [0.25, 0.3) is 0 Å². The van der Waals surface area contributed by atoms with E-state index in [9.17, 15) is 4.39 Å². The number of allylic oxidation sites excluding steroid dienone is 2. The first kappa shape index (κ1) is 13.8. The maximum atomic E-state index is 12.8. The van der Waals surface area contributed by atoms with Crippen molar-refractivity contribution in [2.45, 2.75) is 33.1 Å². The highest BCUT2D eigenvalue weighted by Gasteiger charge is 2.06. The molecule has 0 saturated carbocycles. The summed E-state index contributed by atoms with van der Waals surface area (Å²) in [6.07, 6.45) is 0.562. The maximum absolute atomic E-state index is 12.8. The fraction of sp³-hybridized carbons (Fsp3) is 0.455. The minimum Gasteiger partial charge on any atom is -0.257 e. The van der Waals surface area contributed by atoms with Crippen LogP contribution in [0, 0.1) is 23.2 Å². The van der Waals surface area contributed by atoms with Crippen molar-refractivity contribution in [1.82, 2.24) is 0 Å². The van der Waals surface area contributed by atoms with Crippen LogP contribution in [-0.4, -0.2) is 11.6 Å². The lowest BCUT2D eigenvalue weighted by atomic mass is 10.2. The van der Waals surface area contributed by atoms with Crippen molar-refractivity contribution in [3.63, 3.8) is 0 Å². The SMILES string of the molecule is CC#C/C(C#N)=C(CC)\N=C(/C)C(F)P. The van der Waals surface area contributed by atoms with Crippen LogP contribution in [0.3, 0.4) is 0 Å². The molecule has 0 fully saturated rings. The Balaban J connectivity index is 5.29. The Labute approximate surface area is 92.5 Å². The van der Waals surface area contributed by atoms with Gasteiger partial charge >= 0.3 is 0 Å². The summed E-state index contributed by atoms with van der Waals surface area (Å²) in [5, 5.41) is 8.83. The molecule has 0 amide bonds. The molecule has 2 unspecified atom stereocenters. The summed E-state index contributed by atoms with van der Waals surface area (Å²) in [7, 11) is 2.02. The molecule has 2 atom stereocenters. The van der Waals surface area contributed by atoms with Crippen molar-refractivity contribution >= 4 is 15.0 Å². The third kappa shape index (κ3) is 4.73. The van der Waals surface area contributed by atoms with Gasteiger partial charge in [0.15, 0.2) is 5.91 Å². The summed E-state index contributed by atoms with van der Waals surface area (Å²) in [4.78, 5) is 4.06. The summed E-state index contributed by atoms with van der Waals surface area (Å²) < 4.78 is 12.8. The molecule has 0 aromatic heterocycles. The molecule has 0 N–H and O–H groups in total. The van der Waals surface area contributed by atoms with Crippen molar-refractivity contribution in [1.29, 1.82) is 5.26 Å². The van der Waals surface area contributed by atoms with Gasteiger partial charge in [-0.25, -0.2) is 4.39 Å². The quantitative estimate of drug-likeness (QED) is 0.314. The largest absolute Gasteiger partial charge is 0.257 e. The van der Waals surface area contributed by atoms with Crippen molar-refractivity contribution in [2.75, 3.05) is 0 Å². The van der Waals surface area contributed by atoms with E-state index >= 15 is 0 Å². The van der Waals surface area contributed by atoms with Crippen LogP contribution in [0.4, 0.5) is 4.39 Å². The average molecular weight is 224 g/mol. The van der Waals surface area contributed by atoms with E-state index in [0.717, 1.165) is 0 Å². The first-order chi connectivity index (χ1) is 7.06. The van der Waals surface area contributed by atoms with Gasteiger partial charge in [0.05, 0.1) is 11.4 Å². The molecule has 0 aliphatic rings. The Morgan fingerprint density at radius 3 is 2.53 bits per heavy atom. The Bertz CT molecular complexity index is 378. The molecule has 0 heterocycles. The van der Waals surface area contributed by atoms with Gasteiger partial charge in [0.25, 0.3) is 0 Å². The molecule has 0 aromatic rings. The molecular weight excluding hydrogens is 210 g/mol. The Hall–Kier alpha value is -1.18. The van der Waals surface area contributed by atoms with E-state index in [1.54, 1.807) is 13.8 Å². The van der Waals surface area contributed by atoms with Gasteiger partial charge in [0, 0.05) is 0 Å². The first-order valence-corrected chi connectivity index (χ1v) is 5.24. The van der Waals surface area contributed by atoms with Crippen LogP contribution >= 0.6 is 9.24 Å². The fourth-order valence-corrected chi connectivity index (χ4v) is 0.950. The molecular formula is C11H14FN2P. The lowest BCUT2D eigenvalue weighted by Gasteiger charge is -2.03. The van der Waals surface area contributed by atoms with E-state index in [0.29, 0.717) is 23.4 Å². The number of halogens is 1. The van der Waals surface area contributed by atoms with Crippen LogP contribution in [-0.2, 0) is 0 Å². The Morgan fingerprint density at radius 2 is 2.20 bits per heavy atom. The van der Waals surface area contributed by atoms with E-state index in [1.165, 1.54) is 0 Å². The van der Waals surface area contributed by atoms with Crippen molar-refractivity contribution in [3.05, 3.63) is 11.3 Å². The van der Waals surface area contributed by atoms with Crippen molar-refractivity contribution in [2.24, 2.45) is 4.99 Å². The minimum absolute atomic E-state index is 0.310. The number of aliphatic imine (C=N–C) groups is 1. The summed E-state index contributed by atoms with van der Waals surface area (Å²) in [5.41, 5.74) is 1.18. The molecule has 0 bridgehead atoms. The fourth-order valence-electron chi connectivity index (χ4n) is 0.876. The molecule has 15 heavy (non-hydrogen) atoms. The van der Waals surface area contributed by atoms with Crippen LogP contribution in [0.15, 0.2) is 16.3 Å². The predicted octanol–water partition coefficient (Wildman–Crippen LogP) is 2.83. The third-order valence-electron chi connectivity index (χ3n) is 1.70. The summed E-state index contributed by atoms with van der Waals surface area (Å²) in [5.74, 6) is 4.12. The second kappa shape index (κ2) is 7.16. The lowest BCUT2D eigenvalue weighted by Crippen LogP contribution is -2.03. The van der Waals surface area contributed by atoms with Crippen molar-refractivity contribution in [3.8, 4) is 17.9 Å². The third-order valence-corrected chi connectivity index (χ3v) is 2.18. The summed E-state index contributed by atoms with van der Waals surface area (Å²) in [6, 6.07) is 1.97. The molecule has 0 aromatic carbocycles. The van der Waals surface area contributed by atoms with E-state index in [2.05, 4.69) is 16.8 Å². The first-order valence-electron chi connectivity index (χ1n) is 4.57. The van der Waals surface area contributed by atoms with E-state index in [-0.39, 0.29) is 0 Å². The second-order valence-corrected chi connectivity index (χ2v) is 3.40. The van der Waals surface area contributed by atoms with Gasteiger partial charge in [-0.1, -0.05) is 22.1 Å². The monoisotopic (exact) mass is 224 g/mol. The maximum Gasteiger partial charge on any atom is 0.151 e. The highest BCUT2D eigenvalue weighted by Crippen LogP contribution is 2.13. The van der Waals surface area contributed by atoms with E-state index in [4.69, 9.17) is 5.26 Å². The molecule has 2 nitrogen and oxygen atoms in total. The zero-order valence-corrected chi connectivity index (χ0v) is 10.3. The topological polar surface area (TPSA) is 36.1 Å². The van der Waals surface area contributed by atoms with E-state index < -0.39 is 5.91 Å². The Morgan fingerprint density at radius 1 is 1.60 bits per heavy atom. The zero-order valence-electron chi connectivity index (χ0n) is 9.13. The van der Waals surface area contributed by atoms with Crippen LogP contribution in [0.1, 0.15) is 27.2 Å². The molecule has 80 valence electrons. The summed E-state index contributed by atoms with van der Waals surface area (Å²) >= 11 is 0. The number of alkyl halides is 1. The standard InChI is InChI=1S/C11H14FN2P/c1-4-6-9(7-13)10(5-2)14-8(3)11(12)15/h11H,5,15H2,1-3H3/b10-9+,14-8+. The van der Waals surface area contributed by atoms with Crippen LogP contribution < -0.4 is 0 Å². The van der Waals surface area contributed by atoms with Gasteiger partial charge in [0.1, 0.15) is 11.6 Å². The number of hydrogen-bond donors (Lipinski definition) is 0. The zero-order chi connectivity index (χ0) is 11.8. The number of rotatable bonds is 3. The van der Waals surface area contributed by atoms with Gasteiger partial charge in [-0.05, 0) is 20.3 Å². The highest BCUT2D eigenvalue weighted by atomic mass is 31.0. The number of nitrogens with zero attached hydrogens (tertiary/aromatic N) is 2. The van der Waals surface area contributed by atoms with Crippen LogP contribution in [0.2, 0.25) is 0 Å². The Kier molecular flexibility index (Phi) is 6.59. The molecule has 0 aliphatic heterocycles. The molecule has 0 rings (SSSR count). The molecule has 4 heteroatoms. The second-order valence-electron chi connectivity index (χ2n) is 2.82. The smallest absolute Gasteiger partial charge is 0.151 e. The average Bonchev–Trinajstić information content (AvgIpc) is 2.22. The highest BCUT2D eigenvalue weighted by molar-refractivity contribution is 7.19. The summed E-state index contributed by atoms with van der Waals surface area (Å²) in [6.45, 7) is 5.09.